The summed E-state index contributed by atoms with van der Waals surface area (Å²) in [5.74, 6) is -0.431. The van der Waals surface area contributed by atoms with Crippen LogP contribution in [0.25, 0.3) is 11.0 Å². The van der Waals surface area contributed by atoms with E-state index >= 15 is 0 Å². The summed E-state index contributed by atoms with van der Waals surface area (Å²) in [6.45, 7) is 3.04. The van der Waals surface area contributed by atoms with Crippen LogP contribution in [0.4, 0.5) is 16.0 Å². The zero-order chi connectivity index (χ0) is 13.4. The van der Waals surface area contributed by atoms with E-state index < -0.39 is 5.82 Å². The smallest absolute Gasteiger partial charge is 0.321 e. The highest BCUT2D eigenvalue weighted by Crippen LogP contribution is 2.23. The number of halogens is 1. The van der Waals surface area contributed by atoms with E-state index in [1.165, 1.54) is 6.07 Å². The molecule has 7 nitrogen and oxygen atoms in total. The number of hydrogen-bond acceptors (Lipinski definition) is 5. The number of nitrogens with two attached hydrogens (primary N) is 1. The number of nitrogens with zero attached hydrogens (tertiary/aromatic N) is 3. The van der Waals surface area contributed by atoms with E-state index in [9.17, 15) is 9.30 Å². The number of benzene rings is 1. The van der Waals surface area contributed by atoms with Gasteiger partial charge in [-0.15, -0.1) is 0 Å². The number of nitrogens with one attached hydrogen (secondary N) is 2. The molecule has 1 aliphatic rings. The van der Waals surface area contributed by atoms with Gasteiger partial charge in [-0.25, -0.2) is 9.37 Å². The van der Waals surface area contributed by atoms with Crippen molar-refractivity contribution in [3.05, 3.63) is 22.9 Å². The fourth-order valence-electron chi connectivity index (χ4n) is 2.26. The van der Waals surface area contributed by atoms with Crippen LogP contribution in [0.15, 0.2) is 12.1 Å². The summed E-state index contributed by atoms with van der Waals surface area (Å²) < 4.78 is 14.5. The van der Waals surface area contributed by atoms with Crippen molar-refractivity contribution >= 4 is 22.7 Å². The number of aromatic nitrogens is 3. The lowest BCUT2D eigenvalue weighted by Crippen LogP contribution is -2.44. The number of H-pyrrole nitrogens is 1. The van der Waals surface area contributed by atoms with E-state index in [1.807, 2.05) is 4.90 Å². The van der Waals surface area contributed by atoms with Crippen molar-refractivity contribution in [1.29, 1.82) is 0 Å². The highest BCUT2D eigenvalue weighted by atomic mass is 19.1. The van der Waals surface area contributed by atoms with Crippen LogP contribution in [0.1, 0.15) is 0 Å². The molecule has 0 spiro atoms. The monoisotopic (exact) mass is 265 g/mol. The molecular formula is C11H14FN6O+. The first kappa shape index (κ1) is 11.8. The van der Waals surface area contributed by atoms with E-state index in [4.69, 9.17) is 5.73 Å². The van der Waals surface area contributed by atoms with Crippen LogP contribution in [-0.4, -0.2) is 36.3 Å². The van der Waals surface area contributed by atoms with Crippen molar-refractivity contribution in [2.75, 3.05) is 36.8 Å². The second kappa shape index (κ2) is 4.47. The molecule has 0 bridgehead atoms. The van der Waals surface area contributed by atoms with Crippen LogP contribution in [0.2, 0.25) is 0 Å². The normalized spacial score (nSPS) is 15.9. The third-order valence-corrected chi connectivity index (χ3v) is 3.18. The van der Waals surface area contributed by atoms with Gasteiger partial charge in [0.25, 0.3) is 5.95 Å². The lowest BCUT2D eigenvalue weighted by Gasteiger charge is -2.29. The molecule has 1 aliphatic heterocycles. The molecular weight excluding hydrogens is 251 g/mol. The van der Waals surface area contributed by atoms with Gasteiger partial charge in [-0.1, -0.05) is 5.10 Å². The quantitative estimate of drug-likeness (QED) is 0.611. The molecule has 0 radical (unpaired) electrons. The van der Waals surface area contributed by atoms with Gasteiger partial charge in [-0.2, -0.15) is 0 Å². The minimum atomic E-state index is -0.432. The molecule has 1 fully saturated rings. The summed E-state index contributed by atoms with van der Waals surface area (Å²) >= 11 is 0. The Morgan fingerprint density at radius 2 is 2.11 bits per heavy atom. The fourth-order valence-corrected chi connectivity index (χ4v) is 2.26. The van der Waals surface area contributed by atoms with Crippen molar-refractivity contribution in [2.45, 2.75) is 0 Å². The third kappa shape index (κ3) is 2.10. The minimum Gasteiger partial charge on any atom is -0.367 e. The van der Waals surface area contributed by atoms with Crippen LogP contribution in [0.5, 0.6) is 0 Å². The van der Waals surface area contributed by atoms with Gasteiger partial charge in [0.15, 0.2) is 10.4 Å². The summed E-state index contributed by atoms with van der Waals surface area (Å²) in [5.41, 5.74) is 6.44. The lowest BCUT2D eigenvalue weighted by molar-refractivity contribution is -0.535. The average molecular weight is 265 g/mol. The second-order valence-corrected chi connectivity index (χ2v) is 4.43. The Labute approximate surface area is 107 Å². The van der Waals surface area contributed by atoms with Gasteiger partial charge < -0.3 is 16.0 Å². The Hall–Kier alpha value is -2.22. The minimum absolute atomic E-state index is 0.000342. The molecule has 0 unspecified atom stereocenters. The topological polar surface area (TPSA) is 92.9 Å². The van der Waals surface area contributed by atoms with Crippen LogP contribution in [-0.2, 0) is 0 Å². The molecule has 0 amide bonds. The van der Waals surface area contributed by atoms with E-state index in [2.05, 4.69) is 15.4 Å². The van der Waals surface area contributed by atoms with E-state index in [0.29, 0.717) is 28.8 Å². The molecule has 8 heteroatoms. The number of fused-ring (bicyclic) bond motifs is 1. The second-order valence-electron chi connectivity index (χ2n) is 4.43. The van der Waals surface area contributed by atoms with Gasteiger partial charge in [0.2, 0.25) is 0 Å². The maximum Gasteiger partial charge on any atom is 0.321 e. The van der Waals surface area contributed by atoms with Crippen LogP contribution < -0.4 is 20.5 Å². The van der Waals surface area contributed by atoms with Crippen molar-refractivity contribution in [3.63, 3.8) is 0 Å². The van der Waals surface area contributed by atoms with Gasteiger partial charge in [-0.05, 0) is 6.07 Å². The number of piperazine rings is 1. The molecule has 0 aliphatic carbocycles. The first-order chi connectivity index (χ1) is 9.15. The maximum atomic E-state index is 14.1. The van der Waals surface area contributed by atoms with Crippen LogP contribution in [0, 0.1) is 10.7 Å². The Bertz CT molecular complexity index is 679. The Morgan fingerprint density at radius 1 is 1.37 bits per heavy atom. The summed E-state index contributed by atoms with van der Waals surface area (Å²) in [6, 6.07) is 2.75. The molecule has 19 heavy (non-hydrogen) atoms. The number of nitrogen functional groups attached to an aromatic ring is 1. The molecule has 4 N–H and O–H groups in total. The molecule has 100 valence electrons. The Kier molecular flexibility index (Phi) is 2.79. The zero-order valence-corrected chi connectivity index (χ0v) is 10.2. The first-order valence-corrected chi connectivity index (χ1v) is 6.02. The first-order valence-electron chi connectivity index (χ1n) is 6.02. The van der Waals surface area contributed by atoms with Gasteiger partial charge in [-0.3, -0.25) is 0 Å². The Balaban J connectivity index is 2.15. The van der Waals surface area contributed by atoms with Crippen molar-refractivity contribution < 1.29 is 8.93 Å². The molecule has 1 aromatic heterocycles. The molecule has 3 rings (SSSR count). The lowest BCUT2D eigenvalue weighted by atomic mass is 10.2. The zero-order valence-electron chi connectivity index (χ0n) is 10.2. The number of rotatable bonds is 1. The third-order valence-electron chi connectivity index (χ3n) is 3.18. The number of hydrogen-bond donors (Lipinski definition) is 3. The largest absolute Gasteiger partial charge is 0.367 e. The number of anilines is 2. The van der Waals surface area contributed by atoms with E-state index in [0.717, 1.165) is 13.1 Å². The molecule has 2 heterocycles. The average Bonchev–Trinajstić information content (AvgIpc) is 2.40. The molecule has 0 atom stereocenters. The SMILES string of the molecule is Nc1nc2cc(N3CCNCC3)c(F)cc2[n+](=O)[nH]1. The fraction of sp³-hybridized carbons (Fsp3) is 0.364. The Morgan fingerprint density at radius 3 is 2.84 bits per heavy atom. The molecule has 2 aromatic rings. The predicted octanol–water partition coefficient (Wildman–Crippen LogP) is -0.392. The molecule has 1 aromatic carbocycles. The maximum absolute atomic E-state index is 14.1. The van der Waals surface area contributed by atoms with Gasteiger partial charge in [0.05, 0.1) is 16.7 Å². The predicted molar refractivity (Wildman–Crippen MR) is 68.9 cm³/mol. The molecule has 1 saturated heterocycles. The standard InChI is InChI=1S/C11H14FN6O/c12-7-5-10-8(15-11(13)16-18(10)19)6-9(7)17-3-1-14-2-4-17/h5-6,14H,1-4H2,(H3,13,15,16,19)/q+1. The summed E-state index contributed by atoms with van der Waals surface area (Å²) in [6.07, 6.45) is 0. The van der Waals surface area contributed by atoms with Crippen LogP contribution >= 0.6 is 0 Å². The highest BCUT2D eigenvalue weighted by Gasteiger charge is 2.20. The highest BCUT2D eigenvalue weighted by molar-refractivity contribution is 5.77. The van der Waals surface area contributed by atoms with Gasteiger partial charge in [0.1, 0.15) is 5.52 Å². The van der Waals surface area contributed by atoms with E-state index in [-0.39, 0.29) is 11.5 Å². The summed E-state index contributed by atoms with van der Waals surface area (Å²) in [4.78, 5) is 17.5. The van der Waals surface area contributed by atoms with Gasteiger partial charge >= 0.3 is 5.52 Å². The van der Waals surface area contributed by atoms with E-state index in [1.54, 1.807) is 6.07 Å². The summed E-state index contributed by atoms with van der Waals surface area (Å²) in [5, 5.41) is 5.48. The van der Waals surface area contributed by atoms with Crippen molar-refractivity contribution in [1.82, 2.24) is 15.4 Å². The van der Waals surface area contributed by atoms with Crippen molar-refractivity contribution in [2.24, 2.45) is 0 Å². The summed E-state index contributed by atoms with van der Waals surface area (Å²) in [7, 11) is 0. The van der Waals surface area contributed by atoms with Gasteiger partial charge in [0, 0.05) is 26.2 Å². The molecule has 0 saturated carbocycles. The number of aromatic amines is 1. The van der Waals surface area contributed by atoms with Crippen molar-refractivity contribution in [3.8, 4) is 0 Å². The van der Waals surface area contributed by atoms with Crippen LogP contribution in [0.3, 0.4) is 0 Å².